The predicted molar refractivity (Wildman–Crippen MR) is 147 cm³/mol. The van der Waals surface area contributed by atoms with E-state index in [4.69, 9.17) is 14.8 Å². The van der Waals surface area contributed by atoms with Crippen molar-refractivity contribution < 1.29 is 9.84 Å². The predicted octanol–water partition coefficient (Wildman–Crippen LogP) is 7.10. The number of aromatic nitrogens is 1. The number of rotatable bonds is 6. The minimum Gasteiger partial charge on any atom is -0.508 e. The Balaban J connectivity index is 1.60. The lowest BCUT2D eigenvalue weighted by Gasteiger charge is -2.08. The molecule has 0 aliphatic rings. The van der Waals surface area contributed by atoms with Crippen LogP contribution in [0.2, 0.25) is 0 Å². The van der Waals surface area contributed by atoms with E-state index in [2.05, 4.69) is 41.8 Å². The van der Waals surface area contributed by atoms with Crippen molar-refractivity contribution in [2.24, 2.45) is 10.1 Å². The van der Waals surface area contributed by atoms with E-state index in [-0.39, 0.29) is 5.75 Å². The van der Waals surface area contributed by atoms with Crippen LogP contribution >= 0.6 is 11.3 Å². The van der Waals surface area contributed by atoms with Crippen LogP contribution < -0.4 is 9.54 Å². The van der Waals surface area contributed by atoms with Gasteiger partial charge in [0.05, 0.1) is 24.2 Å². The summed E-state index contributed by atoms with van der Waals surface area (Å²) in [6, 6.07) is 33.5. The maximum Gasteiger partial charge on any atom is 0.211 e. The molecule has 6 heteroatoms. The maximum absolute atomic E-state index is 9.67. The molecule has 1 N–H and O–H groups in total. The van der Waals surface area contributed by atoms with E-state index in [0.717, 1.165) is 44.3 Å². The fourth-order valence-corrected chi connectivity index (χ4v) is 4.66. The first-order valence-corrected chi connectivity index (χ1v) is 12.4. The van der Waals surface area contributed by atoms with Crippen molar-refractivity contribution in [3.05, 3.63) is 119 Å². The van der Waals surface area contributed by atoms with Gasteiger partial charge in [-0.2, -0.15) is 5.10 Å². The Labute approximate surface area is 213 Å². The van der Waals surface area contributed by atoms with Crippen LogP contribution in [0.1, 0.15) is 12.5 Å². The summed E-state index contributed by atoms with van der Waals surface area (Å²) in [5.41, 5.74) is 6.88. The second kappa shape index (κ2) is 10.5. The van der Waals surface area contributed by atoms with Gasteiger partial charge in [0.1, 0.15) is 11.5 Å². The van der Waals surface area contributed by atoms with Gasteiger partial charge in [-0.1, -0.05) is 54.6 Å². The number of hydrogen-bond donors (Lipinski definition) is 1. The SMILES string of the molecule is COc1ccc(N=c2scc(-c3ccc(-c4ccccc4)cc3)n2N=C(C)c2ccc(O)cc2)cc1. The number of hydrogen-bond acceptors (Lipinski definition) is 5. The highest BCUT2D eigenvalue weighted by atomic mass is 32.1. The summed E-state index contributed by atoms with van der Waals surface area (Å²) in [5, 5.41) is 16.7. The summed E-state index contributed by atoms with van der Waals surface area (Å²) in [7, 11) is 1.65. The Kier molecular flexibility index (Phi) is 6.78. The first kappa shape index (κ1) is 23.3. The Morgan fingerprint density at radius 3 is 2.08 bits per heavy atom. The highest BCUT2D eigenvalue weighted by molar-refractivity contribution is 7.07. The quantitative estimate of drug-likeness (QED) is 0.258. The van der Waals surface area contributed by atoms with Crippen LogP contribution in [0.3, 0.4) is 0 Å². The van der Waals surface area contributed by atoms with Crippen molar-refractivity contribution >= 4 is 22.7 Å². The fraction of sp³-hybridized carbons (Fsp3) is 0.0667. The minimum atomic E-state index is 0.226. The van der Waals surface area contributed by atoms with Gasteiger partial charge in [0.2, 0.25) is 4.80 Å². The van der Waals surface area contributed by atoms with Gasteiger partial charge >= 0.3 is 0 Å². The third kappa shape index (κ3) is 5.14. The van der Waals surface area contributed by atoms with Crippen LogP contribution in [0.25, 0.3) is 22.4 Å². The first-order valence-electron chi connectivity index (χ1n) is 11.5. The largest absolute Gasteiger partial charge is 0.508 e. The fourth-order valence-electron chi connectivity index (χ4n) is 3.81. The van der Waals surface area contributed by atoms with Crippen LogP contribution in [-0.4, -0.2) is 22.6 Å². The zero-order valence-corrected chi connectivity index (χ0v) is 20.8. The summed E-state index contributed by atoms with van der Waals surface area (Å²) in [4.78, 5) is 5.62. The molecule has 1 heterocycles. The molecule has 0 fully saturated rings. The number of ether oxygens (including phenoxy) is 1. The summed E-state index contributed by atoms with van der Waals surface area (Å²) < 4.78 is 7.16. The zero-order chi connectivity index (χ0) is 24.9. The molecule has 5 rings (SSSR count). The van der Waals surface area contributed by atoms with E-state index in [0.29, 0.717) is 0 Å². The lowest BCUT2D eigenvalue weighted by atomic mass is 10.0. The number of methoxy groups -OCH3 is 1. The lowest BCUT2D eigenvalue weighted by molar-refractivity contribution is 0.415. The number of aromatic hydroxyl groups is 1. The molecule has 0 spiro atoms. The van der Waals surface area contributed by atoms with Crippen molar-refractivity contribution in [3.63, 3.8) is 0 Å². The Hall–Kier alpha value is -4.42. The maximum atomic E-state index is 9.67. The molecule has 4 aromatic carbocycles. The molecule has 5 aromatic rings. The molecule has 0 radical (unpaired) electrons. The van der Waals surface area contributed by atoms with Crippen molar-refractivity contribution in [1.82, 2.24) is 4.68 Å². The van der Waals surface area contributed by atoms with Crippen molar-refractivity contribution in [3.8, 4) is 33.9 Å². The normalized spacial score (nSPS) is 12.1. The van der Waals surface area contributed by atoms with E-state index >= 15 is 0 Å². The molecule has 0 aliphatic heterocycles. The molecule has 1 aromatic heterocycles. The lowest BCUT2D eigenvalue weighted by Crippen LogP contribution is -2.13. The second-order valence-corrected chi connectivity index (χ2v) is 9.04. The molecule has 0 bridgehead atoms. The average molecular weight is 492 g/mol. The van der Waals surface area contributed by atoms with Crippen LogP contribution in [0.5, 0.6) is 11.5 Å². The smallest absolute Gasteiger partial charge is 0.211 e. The average Bonchev–Trinajstić information content (AvgIpc) is 3.31. The Morgan fingerprint density at radius 1 is 0.778 bits per heavy atom. The zero-order valence-electron chi connectivity index (χ0n) is 20.0. The van der Waals surface area contributed by atoms with E-state index < -0.39 is 0 Å². The summed E-state index contributed by atoms with van der Waals surface area (Å²) in [6.45, 7) is 1.95. The molecule has 5 nitrogen and oxygen atoms in total. The molecule has 178 valence electrons. The molecule has 0 unspecified atom stereocenters. The number of nitrogens with zero attached hydrogens (tertiary/aromatic N) is 3. The van der Waals surface area contributed by atoms with Gasteiger partial charge in [-0.05, 0) is 72.1 Å². The molecule has 0 saturated heterocycles. The van der Waals surface area contributed by atoms with Gasteiger partial charge < -0.3 is 9.84 Å². The van der Waals surface area contributed by atoms with Gasteiger partial charge in [-0.3, -0.25) is 0 Å². The van der Waals surface area contributed by atoms with Gasteiger partial charge in [0, 0.05) is 10.9 Å². The molecular formula is C30H25N3O2S. The van der Waals surface area contributed by atoms with E-state index in [1.807, 2.05) is 66.2 Å². The van der Waals surface area contributed by atoms with E-state index in [1.165, 1.54) is 16.9 Å². The monoisotopic (exact) mass is 491 g/mol. The van der Waals surface area contributed by atoms with Crippen molar-refractivity contribution in [2.75, 3.05) is 7.11 Å². The molecule has 0 atom stereocenters. The van der Waals surface area contributed by atoms with Crippen LogP contribution in [-0.2, 0) is 0 Å². The Bertz CT molecular complexity index is 1550. The van der Waals surface area contributed by atoms with Gasteiger partial charge in [0.25, 0.3) is 0 Å². The van der Waals surface area contributed by atoms with Gasteiger partial charge in [-0.25, -0.2) is 9.67 Å². The number of benzene rings is 4. The number of phenols is 1. The van der Waals surface area contributed by atoms with Gasteiger partial charge in [0.15, 0.2) is 0 Å². The summed E-state index contributed by atoms with van der Waals surface area (Å²) in [5.74, 6) is 1.01. The van der Waals surface area contributed by atoms with Crippen molar-refractivity contribution in [1.29, 1.82) is 0 Å². The van der Waals surface area contributed by atoms with Crippen molar-refractivity contribution in [2.45, 2.75) is 6.92 Å². The summed E-state index contributed by atoms with van der Waals surface area (Å²) in [6.07, 6.45) is 0. The third-order valence-electron chi connectivity index (χ3n) is 5.81. The van der Waals surface area contributed by atoms with E-state index in [9.17, 15) is 5.11 Å². The summed E-state index contributed by atoms with van der Waals surface area (Å²) >= 11 is 1.53. The first-order chi connectivity index (χ1) is 17.6. The number of phenolic OH excluding ortho intramolecular Hbond substituents is 1. The highest BCUT2D eigenvalue weighted by Gasteiger charge is 2.10. The highest BCUT2D eigenvalue weighted by Crippen LogP contribution is 2.26. The Morgan fingerprint density at radius 2 is 1.42 bits per heavy atom. The topological polar surface area (TPSA) is 59.1 Å². The molecule has 0 aliphatic carbocycles. The third-order valence-corrected chi connectivity index (χ3v) is 6.62. The van der Waals surface area contributed by atoms with Crippen LogP contribution in [0.15, 0.2) is 119 Å². The standard InChI is InChI=1S/C30H25N3O2S/c1-21(22-12-16-27(34)17-13-22)32-33-29(20-36-30(33)31-26-14-18-28(35-2)19-15-26)25-10-8-24(9-11-25)23-6-4-3-5-7-23/h3-20,34H,1-2H3. The molecule has 36 heavy (non-hydrogen) atoms. The molecule has 0 saturated carbocycles. The van der Waals surface area contributed by atoms with E-state index in [1.54, 1.807) is 19.2 Å². The second-order valence-electron chi connectivity index (χ2n) is 8.20. The molecule has 0 amide bonds. The number of thiazole rings is 1. The van der Waals surface area contributed by atoms with Crippen LogP contribution in [0, 0.1) is 0 Å². The van der Waals surface area contributed by atoms with Gasteiger partial charge in [-0.15, -0.1) is 11.3 Å². The molecular weight excluding hydrogens is 466 g/mol. The minimum absolute atomic E-state index is 0.226. The van der Waals surface area contributed by atoms with Crippen LogP contribution in [0.4, 0.5) is 5.69 Å².